The van der Waals surface area contributed by atoms with Crippen LogP contribution in [0, 0.1) is 0 Å². The van der Waals surface area contributed by atoms with Gasteiger partial charge in [-0.15, -0.1) is 0 Å². The topological polar surface area (TPSA) is 74.8 Å². The third-order valence-corrected chi connectivity index (χ3v) is 14.8. The molecular weight excluding hydrogens is 959 g/mol. The SMILES string of the molecule is CCC(N1C(=O)c2c(Br)c(Br)c(Br)c(Br)c2C1=O)N1C(=O)c2c(Br)c(Br)c(Br)c(Br)c2C1=O. The average Bonchev–Trinajstić information content (AvgIpc) is 3.19. The molecule has 0 radical (unpaired) electrons. The second-order valence-corrected chi connectivity index (χ2v) is 13.2. The molecule has 4 amide bonds. The van der Waals surface area contributed by atoms with Crippen molar-refractivity contribution < 1.29 is 19.2 Å². The van der Waals surface area contributed by atoms with Crippen molar-refractivity contribution in [2.75, 3.05) is 0 Å². The van der Waals surface area contributed by atoms with E-state index in [1.165, 1.54) is 0 Å². The monoisotopic (exact) mass is 957 g/mol. The number of amides is 4. The quantitative estimate of drug-likeness (QED) is 0.176. The van der Waals surface area contributed by atoms with Crippen LogP contribution in [0.5, 0.6) is 0 Å². The van der Waals surface area contributed by atoms with E-state index < -0.39 is 29.8 Å². The number of imide groups is 2. The summed E-state index contributed by atoms with van der Waals surface area (Å²) in [6.45, 7) is 1.70. The molecule has 2 aliphatic heterocycles. The van der Waals surface area contributed by atoms with E-state index in [1.807, 2.05) is 0 Å². The van der Waals surface area contributed by atoms with Crippen LogP contribution >= 0.6 is 127 Å². The maximum absolute atomic E-state index is 13.5. The maximum atomic E-state index is 13.5. The van der Waals surface area contributed by atoms with E-state index in [1.54, 1.807) is 6.92 Å². The van der Waals surface area contributed by atoms with E-state index in [4.69, 9.17) is 0 Å². The highest BCUT2D eigenvalue weighted by atomic mass is 79.9. The van der Waals surface area contributed by atoms with Gasteiger partial charge in [0, 0.05) is 35.8 Å². The molecule has 33 heavy (non-hydrogen) atoms. The maximum Gasteiger partial charge on any atom is 0.264 e. The van der Waals surface area contributed by atoms with Gasteiger partial charge in [0.25, 0.3) is 23.6 Å². The highest BCUT2D eigenvalue weighted by Gasteiger charge is 2.51. The molecule has 14 heteroatoms. The summed E-state index contributed by atoms with van der Waals surface area (Å²) in [6.07, 6.45) is -0.982. The number of hydrogen-bond acceptors (Lipinski definition) is 4. The molecule has 0 spiro atoms. The summed E-state index contributed by atoms with van der Waals surface area (Å²) in [6, 6.07) is 0. The van der Waals surface area contributed by atoms with Crippen molar-refractivity contribution in [2.24, 2.45) is 0 Å². The van der Waals surface area contributed by atoms with Gasteiger partial charge < -0.3 is 0 Å². The van der Waals surface area contributed by atoms with Gasteiger partial charge in [0.2, 0.25) is 0 Å². The minimum Gasteiger partial charge on any atom is -0.268 e. The molecule has 172 valence electrons. The first-order valence-corrected chi connectivity index (χ1v) is 15.2. The summed E-state index contributed by atoms with van der Waals surface area (Å²) in [5, 5.41) is 0. The van der Waals surface area contributed by atoms with Crippen molar-refractivity contribution in [3.05, 3.63) is 58.0 Å². The lowest BCUT2D eigenvalue weighted by Crippen LogP contribution is -2.52. The molecule has 0 aliphatic carbocycles. The molecule has 4 rings (SSSR count). The Kier molecular flexibility index (Phi) is 7.63. The number of hydrogen-bond donors (Lipinski definition) is 0. The lowest BCUT2D eigenvalue weighted by atomic mass is 10.1. The van der Waals surface area contributed by atoms with Crippen molar-refractivity contribution in [1.29, 1.82) is 0 Å². The third kappa shape index (κ3) is 3.71. The highest BCUT2D eigenvalue weighted by molar-refractivity contribution is 9.15. The fourth-order valence-electron chi connectivity index (χ4n) is 3.75. The fraction of sp³-hybridized carbons (Fsp3) is 0.158. The molecule has 0 saturated carbocycles. The summed E-state index contributed by atoms with van der Waals surface area (Å²) in [7, 11) is 0. The zero-order valence-corrected chi connectivity index (χ0v) is 28.5. The summed E-state index contributed by atoms with van der Waals surface area (Å²) in [5.74, 6) is -2.45. The molecule has 0 atom stereocenters. The Hall–Kier alpha value is 0.560. The van der Waals surface area contributed by atoms with Gasteiger partial charge in [-0.1, -0.05) is 6.92 Å². The predicted molar refractivity (Wildman–Crippen MR) is 150 cm³/mol. The van der Waals surface area contributed by atoms with Gasteiger partial charge in [-0.3, -0.25) is 29.0 Å². The predicted octanol–water partition coefficient (Wildman–Crippen LogP) is 8.41. The number of fused-ring (bicyclic) bond motifs is 2. The van der Waals surface area contributed by atoms with Gasteiger partial charge in [-0.25, -0.2) is 0 Å². The Morgan fingerprint density at radius 2 is 0.697 bits per heavy atom. The number of halogens is 8. The van der Waals surface area contributed by atoms with Crippen LogP contribution in [0.15, 0.2) is 35.8 Å². The number of benzene rings is 2. The molecule has 0 N–H and O–H groups in total. The summed E-state index contributed by atoms with van der Waals surface area (Å²) in [4.78, 5) is 55.8. The van der Waals surface area contributed by atoms with Gasteiger partial charge in [0.15, 0.2) is 0 Å². The first-order chi connectivity index (χ1) is 15.4. The second-order valence-electron chi connectivity index (χ2n) is 6.86. The summed E-state index contributed by atoms with van der Waals surface area (Å²) < 4.78 is 3.76. The van der Waals surface area contributed by atoms with Crippen LogP contribution in [0.25, 0.3) is 0 Å². The van der Waals surface area contributed by atoms with Gasteiger partial charge >= 0.3 is 0 Å². The highest BCUT2D eigenvalue weighted by Crippen LogP contribution is 2.48. The van der Waals surface area contributed by atoms with Crippen LogP contribution in [-0.2, 0) is 0 Å². The largest absolute Gasteiger partial charge is 0.268 e. The Morgan fingerprint density at radius 1 is 0.485 bits per heavy atom. The third-order valence-electron chi connectivity index (χ3n) is 5.23. The Labute approximate surface area is 254 Å². The van der Waals surface area contributed by atoms with Crippen LogP contribution < -0.4 is 0 Å². The van der Waals surface area contributed by atoms with Crippen LogP contribution in [0.3, 0.4) is 0 Å². The summed E-state index contributed by atoms with van der Waals surface area (Å²) in [5.41, 5.74) is 0.574. The lowest BCUT2D eigenvalue weighted by molar-refractivity contribution is 0.0281. The van der Waals surface area contributed by atoms with Gasteiger partial charge in [-0.2, -0.15) is 0 Å². The van der Waals surface area contributed by atoms with E-state index in [-0.39, 0.29) is 28.7 Å². The van der Waals surface area contributed by atoms with E-state index in [0.29, 0.717) is 35.8 Å². The first kappa shape index (κ1) is 26.6. The van der Waals surface area contributed by atoms with Crippen molar-refractivity contribution in [3.63, 3.8) is 0 Å². The number of nitrogens with zero attached hydrogens (tertiary/aromatic N) is 2. The number of carbonyl (C=O) groups is 4. The Bertz CT molecular complexity index is 1150. The van der Waals surface area contributed by atoms with E-state index in [9.17, 15) is 19.2 Å². The van der Waals surface area contributed by atoms with Crippen LogP contribution in [0.2, 0.25) is 0 Å². The fourth-order valence-corrected chi connectivity index (χ4v) is 8.67. The smallest absolute Gasteiger partial charge is 0.264 e. The molecular formula is C19H6Br8N2O4. The Balaban J connectivity index is 1.87. The lowest BCUT2D eigenvalue weighted by Gasteiger charge is -2.31. The second kappa shape index (κ2) is 9.46. The number of rotatable bonds is 3. The molecule has 6 nitrogen and oxygen atoms in total. The minimum absolute atomic E-state index is 0.143. The van der Waals surface area contributed by atoms with Crippen molar-refractivity contribution >= 4 is 151 Å². The molecule has 0 bridgehead atoms. The zero-order valence-electron chi connectivity index (χ0n) is 15.8. The van der Waals surface area contributed by atoms with Crippen molar-refractivity contribution in [3.8, 4) is 0 Å². The molecule has 2 aliphatic rings. The van der Waals surface area contributed by atoms with E-state index >= 15 is 0 Å². The molecule has 0 saturated heterocycles. The van der Waals surface area contributed by atoms with Gasteiger partial charge in [-0.05, 0) is 134 Å². The van der Waals surface area contributed by atoms with Crippen LogP contribution in [0.4, 0.5) is 0 Å². The standard InChI is InChI=1S/C19H6Br8N2O4/c1-2-3(28-16(30)4-5(17(28)31)9(21)13(25)12(24)8(4)20)29-18(32)6-7(19(29)33)11(23)15(27)14(26)10(6)22/h3H,2H2,1H3. The first-order valence-electron chi connectivity index (χ1n) is 8.85. The average molecular weight is 965 g/mol. The molecule has 2 aromatic rings. The number of carbonyl (C=O) groups excluding carboxylic acids is 4. The van der Waals surface area contributed by atoms with Crippen molar-refractivity contribution in [1.82, 2.24) is 9.80 Å². The molecule has 2 aromatic carbocycles. The molecule has 0 unspecified atom stereocenters. The van der Waals surface area contributed by atoms with Gasteiger partial charge in [0.05, 0.1) is 22.3 Å². The minimum atomic E-state index is -1.13. The molecule has 0 aromatic heterocycles. The van der Waals surface area contributed by atoms with Crippen molar-refractivity contribution in [2.45, 2.75) is 19.5 Å². The van der Waals surface area contributed by atoms with Crippen LogP contribution in [0.1, 0.15) is 54.8 Å². The Morgan fingerprint density at radius 3 is 0.879 bits per heavy atom. The normalized spacial score (nSPS) is 15.3. The van der Waals surface area contributed by atoms with E-state index in [2.05, 4.69) is 127 Å². The van der Waals surface area contributed by atoms with E-state index in [0.717, 1.165) is 9.80 Å². The van der Waals surface area contributed by atoms with Gasteiger partial charge in [0.1, 0.15) is 6.17 Å². The molecule has 2 heterocycles. The zero-order chi connectivity index (χ0) is 24.7. The van der Waals surface area contributed by atoms with Crippen LogP contribution in [-0.4, -0.2) is 39.6 Å². The molecule has 0 fully saturated rings. The summed E-state index contributed by atoms with van der Waals surface area (Å²) >= 11 is 27.1.